The molecule has 1 unspecified atom stereocenters. The lowest BCUT2D eigenvalue weighted by Crippen LogP contribution is -2.19. The molecule has 0 fully saturated rings. The van der Waals surface area contributed by atoms with Crippen molar-refractivity contribution >= 4 is 17.7 Å². The lowest BCUT2D eigenvalue weighted by atomic mass is 10.1. The second kappa shape index (κ2) is 6.38. The number of aryl methyl sites for hydroxylation is 1. The smallest absolute Gasteiger partial charge is 0.317 e. The summed E-state index contributed by atoms with van der Waals surface area (Å²) in [5.74, 6) is -0.787. The van der Waals surface area contributed by atoms with Gasteiger partial charge < -0.3 is 5.11 Å². The summed E-state index contributed by atoms with van der Waals surface area (Å²) in [7, 11) is 0. The summed E-state index contributed by atoms with van der Waals surface area (Å²) >= 11 is 1.38. The lowest BCUT2D eigenvalue weighted by Gasteiger charge is -2.13. The van der Waals surface area contributed by atoms with Gasteiger partial charge in [0, 0.05) is 17.3 Å². The highest BCUT2D eigenvalue weighted by molar-refractivity contribution is 8.00. The fraction of sp³-hybridized carbons (Fsp3) is 0.200. The van der Waals surface area contributed by atoms with Crippen LogP contribution in [0.2, 0.25) is 0 Å². The Kier molecular flexibility index (Phi) is 4.58. The van der Waals surface area contributed by atoms with Gasteiger partial charge in [0.2, 0.25) is 0 Å². The Morgan fingerprint density at radius 3 is 2.68 bits per heavy atom. The van der Waals surface area contributed by atoms with Crippen LogP contribution in [0.1, 0.15) is 11.1 Å². The second-order valence-corrected chi connectivity index (χ2v) is 5.52. The van der Waals surface area contributed by atoms with Crippen LogP contribution in [0.15, 0.2) is 53.7 Å². The number of nitrogens with zero attached hydrogens (tertiary/aromatic N) is 1. The number of thioether (sulfide) groups is 1. The molecule has 0 saturated heterocycles. The zero-order valence-corrected chi connectivity index (χ0v) is 11.4. The summed E-state index contributed by atoms with van der Waals surface area (Å²) in [6, 6.07) is 11.6. The number of pyridine rings is 1. The highest BCUT2D eigenvalue weighted by Crippen LogP contribution is 2.28. The van der Waals surface area contributed by atoms with Crippen molar-refractivity contribution in [1.29, 1.82) is 0 Å². The molecule has 19 heavy (non-hydrogen) atoms. The first kappa shape index (κ1) is 13.6. The minimum Gasteiger partial charge on any atom is -0.480 e. The van der Waals surface area contributed by atoms with Gasteiger partial charge in [-0.25, -0.2) is 0 Å². The van der Waals surface area contributed by atoms with E-state index in [0.29, 0.717) is 6.42 Å². The molecule has 0 bridgehead atoms. The molecule has 2 aromatic rings. The predicted molar refractivity (Wildman–Crippen MR) is 76.4 cm³/mol. The molecule has 1 N–H and O–H groups in total. The summed E-state index contributed by atoms with van der Waals surface area (Å²) in [6.07, 6.45) is 3.96. The van der Waals surface area contributed by atoms with Crippen LogP contribution >= 0.6 is 11.8 Å². The molecule has 0 aliphatic rings. The first-order valence-electron chi connectivity index (χ1n) is 6.01. The molecule has 1 atom stereocenters. The van der Waals surface area contributed by atoms with Crippen LogP contribution in [-0.4, -0.2) is 21.3 Å². The number of aliphatic carboxylic acids is 1. The third-order valence-electron chi connectivity index (χ3n) is 2.78. The van der Waals surface area contributed by atoms with Crippen molar-refractivity contribution in [3.05, 3.63) is 59.9 Å². The Morgan fingerprint density at radius 2 is 2.05 bits per heavy atom. The van der Waals surface area contributed by atoms with Gasteiger partial charge in [-0.05, 0) is 30.5 Å². The highest BCUT2D eigenvalue weighted by Gasteiger charge is 2.20. The number of aromatic nitrogens is 1. The van der Waals surface area contributed by atoms with Gasteiger partial charge in [-0.1, -0.05) is 30.3 Å². The SMILES string of the molecule is Cc1cnccc1SC(Cc1ccccc1)C(=O)O. The van der Waals surface area contributed by atoms with E-state index in [9.17, 15) is 9.90 Å². The molecule has 2 rings (SSSR count). The standard InChI is InChI=1S/C15H15NO2S/c1-11-10-16-8-7-13(11)19-14(15(17)18)9-12-5-3-2-4-6-12/h2-8,10,14H,9H2,1H3,(H,17,18). The van der Waals surface area contributed by atoms with Gasteiger partial charge in [-0.2, -0.15) is 0 Å². The Bertz CT molecular complexity index is 557. The molecule has 4 heteroatoms. The molecule has 0 amide bonds. The van der Waals surface area contributed by atoms with E-state index in [4.69, 9.17) is 0 Å². The van der Waals surface area contributed by atoms with Crippen LogP contribution in [0.25, 0.3) is 0 Å². The fourth-order valence-corrected chi connectivity index (χ4v) is 2.81. The largest absolute Gasteiger partial charge is 0.480 e. The predicted octanol–water partition coefficient (Wildman–Crippen LogP) is 3.18. The monoisotopic (exact) mass is 273 g/mol. The molecule has 98 valence electrons. The van der Waals surface area contributed by atoms with Crippen molar-refractivity contribution < 1.29 is 9.90 Å². The third-order valence-corrected chi connectivity index (χ3v) is 4.14. The summed E-state index contributed by atoms with van der Waals surface area (Å²) in [5, 5.41) is 8.87. The molecule has 0 aliphatic carbocycles. The summed E-state index contributed by atoms with van der Waals surface area (Å²) in [6.45, 7) is 1.94. The van der Waals surface area contributed by atoms with Crippen molar-refractivity contribution in [2.45, 2.75) is 23.5 Å². The maximum Gasteiger partial charge on any atom is 0.317 e. The van der Waals surface area contributed by atoms with E-state index in [1.165, 1.54) is 11.8 Å². The van der Waals surface area contributed by atoms with Gasteiger partial charge in [0.15, 0.2) is 0 Å². The number of carboxylic acid groups (broad SMARTS) is 1. The van der Waals surface area contributed by atoms with E-state index < -0.39 is 11.2 Å². The molecule has 0 aliphatic heterocycles. The van der Waals surface area contributed by atoms with E-state index >= 15 is 0 Å². The molecule has 1 aromatic heterocycles. The van der Waals surface area contributed by atoms with E-state index in [-0.39, 0.29) is 0 Å². The third kappa shape index (κ3) is 3.83. The zero-order valence-electron chi connectivity index (χ0n) is 10.6. The van der Waals surface area contributed by atoms with Gasteiger partial charge >= 0.3 is 5.97 Å². The van der Waals surface area contributed by atoms with E-state index in [1.807, 2.05) is 43.3 Å². The first-order chi connectivity index (χ1) is 9.16. The van der Waals surface area contributed by atoms with Gasteiger partial charge in [-0.15, -0.1) is 11.8 Å². The fourth-order valence-electron chi connectivity index (χ4n) is 1.75. The van der Waals surface area contributed by atoms with Crippen LogP contribution < -0.4 is 0 Å². The lowest BCUT2D eigenvalue weighted by molar-refractivity contribution is -0.136. The quantitative estimate of drug-likeness (QED) is 0.850. The normalized spacial score (nSPS) is 12.1. The second-order valence-electron chi connectivity index (χ2n) is 4.28. The van der Waals surface area contributed by atoms with Gasteiger partial charge in [0.05, 0.1) is 0 Å². The number of hydrogen-bond acceptors (Lipinski definition) is 3. The number of rotatable bonds is 5. The van der Waals surface area contributed by atoms with E-state index in [0.717, 1.165) is 16.0 Å². The van der Waals surface area contributed by atoms with Crippen molar-refractivity contribution in [2.24, 2.45) is 0 Å². The number of carbonyl (C=O) groups is 1. The summed E-state index contributed by atoms with van der Waals surface area (Å²) in [5.41, 5.74) is 2.04. The minimum atomic E-state index is -0.787. The number of hydrogen-bond donors (Lipinski definition) is 1. The molecule has 0 saturated carbocycles. The van der Waals surface area contributed by atoms with E-state index in [2.05, 4.69) is 4.98 Å². The Hall–Kier alpha value is -1.81. The van der Waals surface area contributed by atoms with Crippen LogP contribution in [0, 0.1) is 6.92 Å². The molecular weight excluding hydrogens is 258 g/mol. The van der Waals surface area contributed by atoms with Crippen LogP contribution in [-0.2, 0) is 11.2 Å². The van der Waals surface area contributed by atoms with Crippen molar-refractivity contribution in [3.8, 4) is 0 Å². The van der Waals surface area contributed by atoms with Gasteiger partial charge in [-0.3, -0.25) is 9.78 Å². The van der Waals surface area contributed by atoms with Gasteiger partial charge in [0.1, 0.15) is 5.25 Å². The maximum absolute atomic E-state index is 11.4. The molecule has 0 spiro atoms. The summed E-state index contributed by atoms with van der Waals surface area (Å²) < 4.78 is 0. The minimum absolute atomic E-state index is 0.483. The highest BCUT2D eigenvalue weighted by atomic mass is 32.2. The van der Waals surface area contributed by atoms with Gasteiger partial charge in [0.25, 0.3) is 0 Å². The average molecular weight is 273 g/mol. The average Bonchev–Trinajstić information content (AvgIpc) is 2.41. The number of benzene rings is 1. The first-order valence-corrected chi connectivity index (χ1v) is 6.89. The topological polar surface area (TPSA) is 50.2 Å². The van der Waals surface area contributed by atoms with Crippen LogP contribution in [0.4, 0.5) is 0 Å². The van der Waals surface area contributed by atoms with Crippen LogP contribution in [0.5, 0.6) is 0 Å². The van der Waals surface area contributed by atoms with Crippen molar-refractivity contribution in [2.75, 3.05) is 0 Å². The maximum atomic E-state index is 11.4. The Labute approximate surface area is 116 Å². The molecule has 1 aromatic carbocycles. The van der Waals surface area contributed by atoms with Crippen molar-refractivity contribution in [3.63, 3.8) is 0 Å². The Morgan fingerprint density at radius 1 is 1.32 bits per heavy atom. The summed E-state index contributed by atoms with van der Waals surface area (Å²) in [4.78, 5) is 16.4. The Balaban J connectivity index is 2.13. The van der Waals surface area contributed by atoms with E-state index in [1.54, 1.807) is 12.4 Å². The molecule has 3 nitrogen and oxygen atoms in total. The molecular formula is C15H15NO2S. The van der Waals surface area contributed by atoms with Crippen molar-refractivity contribution in [1.82, 2.24) is 4.98 Å². The molecule has 0 radical (unpaired) electrons. The zero-order chi connectivity index (χ0) is 13.7. The number of carboxylic acids is 1. The van der Waals surface area contributed by atoms with Crippen LogP contribution in [0.3, 0.4) is 0 Å². The molecule has 1 heterocycles.